The minimum absolute atomic E-state index is 0.0311. The summed E-state index contributed by atoms with van der Waals surface area (Å²) in [6.45, 7) is 6.39. The maximum atomic E-state index is 12.7. The van der Waals surface area contributed by atoms with Crippen LogP contribution in [0.15, 0.2) is 48.5 Å². The van der Waals surface area contributed by atoms with Crippen molar-refractivity contribution in [3.05, 3.63) is 54.1 Å². The van der Waals surface area contributed by atoms with Crippen molar-refractivity contribution < 1.29 is 14.3 Å². The lowest BCUT2D eigenvalue weighted by Crippen LogP contribution is -2.28. The Morgan fingerprint density at radius 3 is 2.56 bits per heavy atom. The number of carbonyl (C=O) groups is 2. The quantitative estimate of drug-likeness (QED) is 0.840. The van der Waals surface area contributed by atoms with Gasteiger partial charge in [0.15, 0.2) is 0 Å². The van der Waals surface area contributed by atoms with Crippen molar-refractivity contribution >= 4 is 23.2 Å². The summed E-state index contributed by atoms with van der Waals surface area (Å²) in [5.74, 6) is 0.280. The van der Waals surface area contributed by atoms with Crippen molar-refractivity contribution in [1.82, 2.24) is 0 Å². The number of para-hydroxylation sites is 1. The van der Waals surface area contributed by atoms with Crippen LogP contribution in [0, 0.1) is 5.92 Å². The summed E-state index contributed by atoms with van der Waals surface area (Å²) in [5, 5.41) is 2.99. The fourth-order valence-corrected chi connectivity index (χ4v) is 3.29. The van der Waals surface area contributed by atoms with Crippen LogP contribution in [-0.2, 0) is 16.0 Å². The van der Waals surface area contributed by atoms with Crippen molar-refractivity contribution in [1.29, 1.82) is 0 Å². The second-order valence-corrected chi connectivity index (χ2v) is 7.07. The van der Waals surface area contributed by atoms with Gasteiger partial charge in [-0.15, -0.1) is 0 Å². The molecule has 2 amide bonds. The van der Waals surface area contributed by atoms with E-state index in [2.05, 4.69) is 12.2 Å². The van der Waals surface area contributed by atoms with Gasteiger partial charge < -0.3 is 15.0 Å². The third-order valence-corrected chi connectivity index (χ3v) is 4.67. The molecule has 0 spiro atoms. The first-order chi connectivity index (χ1) is 13.0. The molecule has 1 saturated heterocycles. The van der Waals surface area contributed by atoms with E-state index in [9.17, 15) is 9.59 Å². The predicted molar refractivity (Wildman–Crippen MR) is 107 cm³/mol. The van der Waals surface area contributed by atoms with Gasteiger partial charge in [0, 0.05) is 24.3 Å². The first-order valence-electron chi connectivity index (χ1n) is 9.43. The maximum absolute atomic E-state index is 12.7. The SMILES string of the molecule is CCc1ccccc1NC(=O)[C@@H]1CC(=O)N(c2ccc(OC(C)C)cc2)C1. The van der Waals surface area contributed by atoms with Crippen LogP contribution in [0.25, 0.3) is 0 Å². The van der Waals surface area contributed by atoms with Gasteiger partial charge in [0.05, 0.1) is 12.0 Å². The molecule has 5 nitrogen and oxygen atoms in total. The molecule has 1 aliphatic heterocycles. The molecule has 1 aliphatic rings. The summed E-state index contributed by atoms with van der Waals surface area (Å²) in [4.78, 5) is 26.8. The lowest BCUT2D eigenvalue weighted by atomic mass is 10.1. The molecule has 5 heteroatoms. The number of amides is 2. The average molecular weight is 366 g/mol. The monoisotopic (exact) mass is 366 g/mol. The van der Waals surface area contributed by atoms with Crippen molar-refractivity contribution in [2.75, 3.05) is 16.8 Å². The van der Waals surface area contributed by atoms with Gasteiger partial charge in [-0.25, -0.2) is 0 Å². The molecule has 0 unspecified atom stereocenters. The normalized spacial score (nSPS) is 16.7. The molecule has 0 aromatic heterocycles. The second-order valence-electron chi connectivity index (χ2n) is 7.07. The van der Waals surface area contributed by atoms with E-state index < -0.39 is 0 Å². The molecule has 142 valence electrons. The molecular weight excluding hydrogens is 340 g/mol. The number of nitrogens with zero attached hydrogens (tertiary/aromatic N) is 1. The van der Waals surface area contributed by atoms with Crippen LogP contribution in [0.3, 0.4) is 0 Å². The fourth-order valence-electron chi connectivity index (χ4n) is 3.29. The molecule has 0 radical (unpaired) electrons. The standard InChI is InChI=1S/C22H26N2O3/c1-4-16-7-5-6-8-20(16)23-22(26)17-13-21(25)24(14-17)18-9-11-19(12-10-18)27-15(2)3/h5-12,15,17H,4,13-14H2,1-3H3,(H,23,26)/t17-/m1/s1. The minimum Gasteiger partial charge on any atom is -0.491 e. The number of hydrogen-bond acceptors (Lipinski definition) is 3. The Bertz CT molecular complexity index is 815. The molecule has 3 rings (SSSR count). The van der Waals surface area contributed by atoms with Gasteiger partial charge in [-0.2, -0.15) is 0 Å². The lowest BCUT2D eigenvalue weighted by Gasteiger charge is -2.18. The van der Waals surface area contributed by atoms with Crippen LogP contribution in [0.4, 0.5) is 11.4 Å². The van der Waals surface area contributed by atoms with Crippen LogP contribution < -0.4 is 15.0 Å². The highest BCUT2D eigenvalue weighted by Crippen LogP contribution is 2.28. The van der Waals surface area contributed by atoms with E-state index in [1.165, 1.54) is 0 Å². The second kappa shape index (κ2) is 8.25. The summed E-state index contributed by atoms with van der Waals surface area (Å²) in [6, 6.07) is 15.2. The van der Waals surface area contributed by atoms with E-state index in [1.54, 1.807) is 4.90 Å². The van der Waals surface area contributed by atoms with Gasteiger partial charge in [0.25, 0.3) is 0 Å². The summed E-state index contributed by atoms with van der Waals surface area (Å²) < 4.78 is 5.64. The molecular formula is C22H26N2O3. The molecule has 1 atom stereocenters. The first-order valence-corrected chi connectivity index (χ1v) is 9.43. The molecule has 1 heterocycles. The van der Waals surface area contributed by atoms with E-state index in [4.69, 9.17) is 4.74 Å². The van der Waals surface area contributed by atoms with Crippen molar-refractivity contribution in [2.24, 2.45) is 5.92 Å². The van der Waals surface area contributed by atoms with E-state index in [0.29, 0.717) is 6.54 Å². The summed E-state index contributed by atoms with van der Waals surface area (Å²) >= 11 is 0. The highest BCUT2D eigenvalue weighted by Gasteiger charge is 2.35. The van der Waals surface area contributed by atoms with Crippen molar-refractivity contribution in [3.8, 4) is 5.75 Å². The number of aryl methyl sites for hydroxylation is 1. The minimum atomic E-state index is -0.353. The number of ether oxygens (including phenoxy) is 1. The first kappa shape index (κ1) is 19.0. The topological polar surface area (TPSA) is 58.6 Å². The zero-order valence-electron chi connectivity index (χ0n) is 16.1. The Kier molecular flexibility index (Phi) is 5.79. The third kappa shape index (κ3) is 4.48. The lowest BCUT2D eigenvalue weighted by molar-refractivity contribution is -0.122. The predicted octanol–water partition coefficient (Wildman–Crippen LogP) is 4.03. The number of carbonyl (C=O) groups excluding carboxylic acids is 2. The number of rotatable bonds is 6. The molecule has 2 aromatic carbocycles. The van der Waals surface area contributed by atoms with E-state index >= 15 is 0 Å². The van der Waals surface area contributed by atoms with Crippen LogP contribution in [0.1, 0.15) is 32.8 Å². The number of benzene rings is 2. The van der Waals surface area contributed by atoms with Crippen LogP contribution in [-0.4, -0.2) is 24.5 Å². The summed E-state index contributed by atoms with van der Waals surface area (Å²) in [5.41, 5.74) is 2.71. The van der Waals surface area contributed by atoms with Gasteiger partial charge in [-0.3, -0.25) is 9.59 Å². The summed E-state index contributed by atoms with van der Waals surface area (Å²) in [6.07, 6.45) is 1.17. The Hall–Kier alpha value is -2.82. The highest BCUT2D eigenvalue weighted by atomic mass is 16.5. The zero-order valence-corrected chi connectivity index (χ0v) is 16.1. The Labute approximate surface area is 160 Å². The molecule has 2 aromatic rings. The molecule has 0 aliphatic carbocycles. The Morgan fingerprint density at radius 1 is 1.19 bits per heavy atom. The molecule has 1 fully saturated rings. The largest absolute Gasteiger partial charge is 0.491 e. The smallest absolute Gasteiger partial charge is 0.229 e. The number of nitrogens with one attached hydrogen (secondary N) is 1. The van der Waals surface area contributed by atoms with Crippen molar-refractivity contribution in [3.63, 3.8) is 0 Å². The zero-order chi connectivity index (χ0) is 19.4. The number of hydrogen-bond donors (Lipinski definition) is 1. The summed E-state index contributed by atoms with van der Waals surface area (Å²) in [7, 11) is 0. The molecule has 1 N–H and O–H groups in total. The van der Waals surface area contributed by atoms with Gasteiger partial charge in [0.1, 0.15) is 5.75 Å². The maximum Gasteiger partial charge on any atom is 0.229 e. The van der Waals surface area contributed by atoms with Gasteiger partial charge in [-0.05, 0) is 56.2 Å². The van der Waals surface area contributed by atoms with Crippen LogP contribution in [0.2, 0.25) is 0 Å². The fraction of sp³-hybridized carbons (Fsp3) is 0.364. The van der Waals surface area contributed by atoms with E-state index in [-0.39, 0.29) is 30.3 Å². The van der Waals surface area contributed by atoms with E-state index in [0.717, 1.165) is 29.1 Å². The van der Waals surface area contributed by atoms with Gasteiger partial charge in [-0.1, -0.05) is 25.1 Å². The van der Waals surface area contributed by atoms with Gasteiger partial charge >= 0.3 is 0 Å². The average Bonchev–Trinajstić information content (AvgIpc) is 3.04. The van der Waals surface area contributed by atoms with Gasteiger partial charge in [0.2, 0.25) is 11.8 Å². The Balaban J connectivity index is 1.67. The number of anilines is 2. The van der Waals surface area contributed by atoms with Crippen LogP contribution in [0.5, 0.6) is 5.75 Å². The van der Waals surface area contributed by atoms with Crippen LogP contribution >= 0.6 is 0 Å². The Morgan fingerprint density at radius 2 is 1.89 bits per heavy atom. The van der Waals surface area contributed by atoms with E-state index in [1.807, 2.05) is 62.4 Å². The van der Waals surface area contributed by atoms with Crippen molar-refractivity contribution in [2.45, 2.75) is 39.7 Å². The highest BCUT2D eigenvalue weighted by molar-refractivity contribution is 6.03. The molecule has 27 heavy (non-hydrogen) atoms. The molecule has 0 saturated carbocycles. The third-order valence-electron chi connectivity index (χ3n) is 4.67. The molecule has 0 bridgehead atoms.